The van der Waals surface area contributed by atoms with Gasteiger partial charge in [0.2, 0.25) is 0 Å². The minimum Gasteiger partial charge on any atom is -0.493 e. The number of fused-ring (bicyclic) bond motifs is 1. The molecule has 1 aliphatic heterocycles. The summed E-state index contributed by atoms with van der Waals surface area (Å²) in [4.78, 5) is 12.0. The summed E-state index contributed by atoms with van der Waals surface area (Å²) in [6.45, 7) is 1.19. The quantitative estimate of drug-likeness (QED) is 0.901. The van der Waals surface area contributed by atoms with Crippen LogP contribution in [-0.2, 0) is 20.0 Å². The van der Waals surface area contributed by atoms with Crippen molar-refractivity contribution in [3.05, 3.63) is 47.3 Å². The van der Waals surface area contributed by atoms with Crippen molar-refractivity contribution >= 4 is 5.91 Å². The van der Waals surface area contributed by atoms with E-state index in [-0.39, 0.29) is 5.91 Å². The summed E-state index contributed by atoms with van der Waals surface area (Å²) in [6.07, 6.45) is 4.51. The molecule has 1 aromatic heterocycles. The summed E-state index contributed by atoms with van der Waals surface area (Å²) in [6, 6.07) is 5.56. The number of hydrogen-bond acceptors (Lipinski definition) is 3. The van der Waals surface area contributed by atoms with Crippen LogP contribution in [0.1, 0.15) is 21.5 Å². The highest BCUT2D eigenvalue weighted by molar-refractivity contribution is 5.94. The Balaban J connectivity index is 1.67. The van der Waals surface area contributed by atoms with Crippen molar-refractivity contribution in [1.29, 1.82) is 0 Å². The van der Waals surface area contributed by atoms with Gasteiger partial charge in [-0.3, -0.25) is 9.48 Å². The van der Waals surface area contributed by atoms with Crippen molar-refractivity contribution in [2.45, 2.75) is 13.0 Å². The van der Waals surface area contributed by atoms with E-state index in [0.717, 1.165) is 23.3 Å². The van der Waals surface area contributed by atoms with Crippen molar-refractivity contribution in [2.24, 2.45) is 7.05 Å². The average Bonchev–Trinajstić information content (AvgIpc) is 3.03. The van der Waals surface area contributed by atoms with Gasteiger partial charge in [-0.2, -0.15) is 5.10 Å². The number of ether oxygens (including phenoxy) is 1. The second kappa shape index (κ2) is 4.76. The number of hydrogen-bond donors (Lipinski definition) is 1. The number of benzene rings is 1. The molecule has 1 aliphatic rings. The van der Waals surface area contributed by atoms with E-state index in [1.54, 1.807) is 16.9 Å². The van der Waals surface area contributed by atoms with E-state index in [9.17, 15) is 4.79 Å². The van der Waals surface area contributed by atoms with Gasteiger partial charge in [0.15, 0.2) is 0 Å². The topological polar surface area (TPSA) is 56.2 Å². The molecule has 0 radical (unpaired) electrons. The molecule has 0 saturated carbocycles. The third-order valence-electron chi connectivity index (χ3n) is 3.16. The zero-order valence-electron chi connectivity index (χ0n) is 10.7. The monoisotopic (exact) mass is 257 g/mol. The number of carbonyl (C=O) groups is 1. The van der Waals surface area contributed by atoms with Gasteiger partial charge in [-0.25, -0.2) is 0 Å². The van der Waals surface area contributed by atoms with E-state index in [1.807, 2.05) is 25.4 Å². The zero-order chi connectivity index (χ0) is 13.2. The normalized spacial score (nSPS) is 12.9. The molecule has 0 unspecified atom stereocenters. The van der Waals surface area contributed by atoms with E-state index in [0.29, 0.717) is 18.7 Å². The predicted molar refractivity (Wildman–Crippen MR) is 70.0 cm³/mol. The van der Waals surface area contributed by atoms with Crippen molar-refractivity contribution in [1.82, 2.24) is 15.1 Å². The first kappa shape index (κ1) is 11.8. The summed E-state index contributed by atoms with van der Waals surface area (Å²) in [5.41, 5.74) is 2.77. The molecule has 1 amide bonds. The molecule has 0 spiro atoms. The van der Waals surface area contributed by atoms with Gasteiger partial charge in [0.05, 0.1) is 12.8 Å². The van der Waals surface area contributed by atoms with Gasteiger partial charge in [0, 0.05) is 37.3 Å². The van der Waals surface area contributed by atoms with Crippen LogP contribution in [0.25, 0.3) is 0 Å². The lowest BCUT2D eigenvalue weighted by atomic mass is 10.1. The predicted octanol–water partition coefficient (Wildman–Crippen LogP) is 1.28. The Morgan fingerprint density at radius 3 is 3.21 bits per heavy atom. The van der Waals surface area contributed by atoms with Crippen molar-refractivity contribution in [2.75, 3.05) is 6.61 Å². The number of nitrogens with one attached hydrogen (secondary N) is 1. The van der Waals surface area contributed by atoms with Crippen LogP contribution in [0.15, 0.2) is 30.6 Å². The Hall–Kier alpha value is -2.30. The summed E-state index contributed by atoms with van der Waals surface area (Å²) in [5.74, 6) is 0.822. The summed E-state index contributed by atoms with van der Waals surface area (Å²) < 4.78 is 7.14. The van der Waals surface area contributed by atoms with Crippen molar-refractivity contribution < 1.29 is 9.53 Å². The molecule has 0 aliphatic carbocycles. The molecule has 1 N–H and O–H groups in total. The number of rotatable bonds is 3. The van der Waals surface area contributed by atoms with Crippen molar-refractivity contribution in [3.63, 3.8) is 0 Å². The number of amides is 1. The molecule has 0 saturated heterocycles. The highest BCUT2D eigenvalue weighted by Gasteiger charge is 2.14. The molecule has 5 nitrogen and oxygen atoms in total. The number of aryl methyl sites for hydroxylation is 1. The Morgan fingerprint density at radius 1 is 1.53 bits per heavy atom. The molecule has 1 aromatic carbocycles. The third kappa shape index (κ3) is 2.45. The Morgan fingerprint density at radius 2 is 2.42 bits per heavy atom. The third-order valence-corrected chi connectivity index (χ3v) is 3.16. The number of carbonyl (C=O) groups excluding carboxylic acids is 1. The highest BCUT2D eigenvalue weighted by atomic mass is 16.5. The SMILES string of the molecule is Cn1cc(CNC(=O)c2ccc3c(c2)CCO3)cn1. The van der Waals surface area contributed by atoms with Gasteiger partial charge in [-0.1, -0.05) is 0 Å². The second-order valence-electron chi connectivity index (χ2n) is 4.63. The molecule has 5 heteroatoms. The van der Waals surface area contributed by atoms with Crippen LogP contribution < -0.4 is 10.1 Å². The van der Waals surface area contributed by atoms with Gasteiger partial charge in [-0.05, 0) is 23.8 Å². The maximum Gasteiger partial charge on any atom is 0.251 e. The van der Waals surface area contributed by atoms with Gasteiger partial charge >= 0.3 is 0 Å². The molecule has 0 fully saturated rings. The Labute approximate surface area is 111 Å². The standard InChI is InChI=1S/C14H15N3O2/c1-17-9-10(8-16-17)7-15-14(18)12-2-3-13-11(6-12)4-5-19-13/h2-3,6,8-9H,4-5,7H2,1H3,(H,15,18). The average molecular weight is 257 g/mol. The van der Waals surface area contributed by atoms with Gasteiger partial charge in [0.25, 0.3) is 5.91 Å². The lowest BCUT2D eigenvalue weighted by molar-refractivity contribution is 0.0951. The van der Waals surface area contributed by atoms with E-state index in [4.69, 9.17) is 4.74 Å². The molecule has 2 heterocycles. The molecule has 3 rings (SSSR count). The Bertz CT molecular complexity index is 619. The van der Waals surface area contributed by atoms with E-state index in [1.165, 1.54) is 0 Å². The molecule has 19 heavy (non-hydrogen) atoms. The van der Waals surface area contributed by atoms with Crippen molar-refractivity contribution in [3.8, 4) is 5.75 Å². The fourth-order valence-electron chi connectivity index (χ4n) is 2.18. The van der Waals surface area contributed by atoms with Gasteiger partial charge in [0.1, 0.15) is 5.75 Å². The first-order valence-corrected chi connectivity index (χ1v) is 6.24. The van der Waals surface area contributed by atoms with Crippen LogP contribution in [0.4, 0.5) is 0 Å². The maximum absolute atomic E-state index is 12.0. The first-order valence-electron chi connectivity index (χ1n) is 6.24. The number of nitrogens with zero attached hydrogens (tertiary/aromatic N) is 2. The second-order valence-corrected chi connectivity index (χ2v) is 4.63. The number of aromatic nitrogens is 2. The summed E-state index contributed by atoms with van der Waals surface area (Å²) in [7, 11) is 1.85. The van der Waals surface area contributed by atoms with E-state index >= 15 is 0 Å². The van der Waals surface area contributed by atoms with Crippen LogP contribution in [0, 0.1) is 0 Å². The zero-order valence-corrected chi connectivity index (χ0v) is 10.7. The fraction of sp³-hybridized carbons (Fsp3) is 0.286. The first-order chi connectivity index (χ1) is 9.22. The van der Waals surface area contributed by atoms with E-state index < -0.39 is 0 Å². The van der Waals surface area contributed by atoms with Gasteiger partial charge < -0.3 is 10.1 Å². The van der Waals surface area contributed by atoms with Crippen LogP contribution in [0.2, 0.25) is 0 Å². The molecule has 2 aromatic rings. The molecular formula is C14H15N3O2. The highest BCUT2D eigenvalue weighted by Crippen LogP contribution is 2.25. The summed E-state index contributed by atoms with van der Waals surface area (Å²) >= 11 is 0. The summed E-state index contributed by atoms with van der Waals surface area (Å²) in [5, 5.41) is 6.95. The van der Waals surface area contributed by atoms with Crippen LogP contribution in [0.5, 0.6) is 5.75 Å². The fourth-order valence-corrected chi connectivity index (χ4v) is 2.18. The molecule has 0 atom stereocenters. The molecular weight excluding hydrogens is 242 g/mol. The molecule has 98 valence electrons. The van der Waals surface area contributed by atoms with Crippen LogP contribution >= 0.6 is 0 Å². The minimum atomic E-state index is -0.0708. The van der Waals surface area contributed by atoms with E-state index in [2.05, 4.69) is 10.4 Å². The Kier molecular flexibility index (Phi) is 2.95. The smallest absolute Gasteiger partial charge is 0.251 e. The lowest BCUT2D eigenvalue weighted by Gasteiger charge is -2.05. The van der Waals surface area contributed by atoms with Crippen LogP contribution in [0.3, 0.4) is 0 Å². The largest absolute Gasteiger partial charge is 0.493 e. The maximum atomic E-state index is 12.0. The minimum absolute atomic E-state index is 0.0708. The van der Waals surface area contributed by atoms with Crippen LogP contribution in [-0.4, -0.2) is 22.3 Å². The van der Waals surface area contributed by atoms with Gasteiger partial charge in [-0.15, -0.1) is 0 Å². The lowest BCUT2D eigenvalue weighted by Crippen LogP contribution is -2.22. The molecule has 0 bridgehead atoms.